The van der Waals surface area contributed by atoms with Crippen LogP contribution in [0.4, 0.5) is 0 Å². The van der Waals surface area contributed by atoms with Crippen molar-refractivity contribution >= 4 is 31.5 Å². The van der Waals surface area contributed by atoms with Gasteiger partial charge in [0.2, 0.25) is 0 Å². The van der Waals surface area contributed by atoms with Crippen LogP contribution in [-0.4, -0.2) is 0 Å². The molecule has 0 saturated heterocycles. The highest BCUT2D eigenvalue weighted by molar-refractivity contribution is 7.25. The van der Waals surface area contributed by atoms with E-state index in [0.717, 1.165) is 21.0 Å². The molecule has 4 aromatic rings. The van der Waals surface area contributed by atoms with Crippen LogP contribution in [0.25, 0.3) is 31.3 Å². The summed E-state index contributed by atoms with van der Waals surface area (Å²) >= 11 is 1.72. The normalized spacial score (nSPS) is 15.2. The quantitative estimate of drug-likeness (QED) is 0.353. The lowest BCUT2D eigenvalue weighted by Crippen LogP contribution is -2.13. The molecule has 0 atom stereocenters. The van der Waals surface area contributed by atoms with Gasteiger partial charge in [-0.25, -0.2) is 0 Å². The minimum absolute atomic E-state index is 0.157. The van der Waals surface area contributed by atoms with Crippen molar-refractivity contribution < 1.29 is 6.85 Å². The Morgan fingerprint density at radius 3 is 2.35 bits per heavy atom. The largest absolute Gasteiger partial charge is 0.135 e. The van der Waals surface area contributed by atoms with Crippen LogP contribution in [0, 0.1) is 0 Å². The van der Waals surface area contributed by atoms with Crippen LogP contribution in [0.2, 0.25) is 0 Å². The van der Waals surface area contributed by atoms with Gasteiger partial charge in [-0.1, -0.05) is 75.2 Å². The summed E-state index contributed by atoms with van der Waals surface area (Å²) in [6.45, 7) is 6.31. The van der Waals surface area contributed by atoms with Crippen LogP contribution < -0.4 is 0 Å². The molecular weight excluding hydrogens is 296 g/mol. The van der Waals surface area contributed by atoms with E-state index >= 15 is 0 Å². The standard InChI is InChI=1S/C22H20S/c1-22(2,3)21-16(15-9-5-4-6-10-15)13-14-19-20(21)17-11-7-8-12-18(17)23-19/h4-14H,1-3H3/i4D,5D,6D,9D,10D. The van der Waals surface area contributed by atoms with Crippen LogP contribution in [0.5, 0.6) is 0 Å². The highest BCUT2D eigenvalue weighted by Gasteiger charge is 2.23. The molecule has 0 amide bonds. The van der Waals surface area contributed by atoms with Crippen LogP contribution in [-0.2, 0) is 5.41 Å². The number of rotatable bonds is 1. The Bertz CT molecular complexity index is 1220. The molecule has 1 aromatic heterocycles. The minimum atomic E-state index is -0.363. The number of thiophene rings is 1. The number of hydrogen-bond acceptors (Lipinski definition) is 1. The first-order valence-electron chi connectivity index (χ1n) is 10.1. The smallest absolute Gasteiger partial charge is 0.0629 e. The average molecular weight is 321 g/mol. The zero-order valence-electron chi connectivity index (χ0n) is 18.4. The fourth-order valence-electron chi connectivity index (χ4n) is 3.19. The van der Waals surface area contributed by atoms with Crippen LogP contribution in [0.15, 0.2) is 66.6 Å². The maximum absolute atomic E-state index is 8.44. The Labute approximate surface area is 148 Å². The zero-order chi connectivity index (χ0) is 20.4. The van der Waals surface area contributed by atoms with Gasteiger partial charge in [-0.2, -0.15) is 0 Å². The highest BCUT2D eigenvalue weighted by Crippen LogP contribution is 2.44. The van der Waals surface area contributed by atoms with E-state index in [-0.39, 0.29) is 41.2 Å². The molecule has 0 aliphatic heterocycles. The molecule has 0 aliphatic carbocycles. The number of benzene rings is 3. The Kier molecular flexibility index (Phi) is 2.24. The van der Waals surface area contributed by atoms with Gasteiger partial charge in [-0.3, -0.25) is 0 Å². The first-order valence-corrected chi connectivity index (χ1v) is 8.46. The van der Waals surface area contributed by atoms with Crippen molar-refractivity contribution in [3.8, 4) is 11.1 Å². The van der Waals surface area contributed by atoms with Crippen molar-refractivity contribution in [1.82, 2.24) is 0 Å². The van der Waals surface area contributed by atoms with E-state index in [1.54, 1.807) is 11.3 Å². The zero-order valence-corrected chi connectivity index (χ0v) is 14.2. The Hall–Kier alpha value is -2.12. The van der Waals surface area contributed by atoms with E-state index in [2.05, 4.69) is 32.9 Å². The van der Waals surface area contributed by atoms with Crippen LogP contribution in [0.1, 0.15) is 33.2 Å². The van der Waals surface area contributed by atoms with E-state index in [9.17, 15) is 0 Å². The summed E-state index contributed by atoms with van der Waals surface area (Å²) in [6, 6.07) is 10.9. The SMILES string of the molecule is [2H]c1c([2H])c([2H])c(-c2ccc3sc4ccccc4c3c2C(C)(C)C)c([2H])c1[2H]. The molecule has 0 aliphatic rings. The number of hydrogen-bond donors (Lipinski definition) is 0. The second-order valence-corrected chi connectivity index (χ2v) is 7.79. The van der Waals surface area contributed by atoms with Gasteiger partial charge < -0.3 is 0 Å². The Morgan fingerprint density at radius 2 is 1.61 bits per heavy atom. The molecule has 0 radical (unpaired) electrons. The van der Waals surface area contributed by atoms with Crippen molar-refractivity contribution in [1.29, 1.82) is 0 Å². The first kappa shape index (κ1) is 9.89. The van der Waals surface area contributed by atoms with Crippen molar-refractivity contribution in [3.05, 3.63) is 72.2 Å². The highest BCUT2D eigenvalue weighted by atomic mass is 32.1. The van der Waals surface area contributed by atoms with Crippen molar-refractivity contribution in [2.24, 2.45) is 0 Å². The van der Waals surface area contributed by atoms with Gasteiger partial charge >= 0.3 is 0 Å². The summed E-state index contributed by atoms with van der Waals surface area (Å²) in [7, 11) is 0. The molecule has 23 heavy (non-hydrogen) atoms. The minimum Gasteiger partial charge on any atom is -0.135 e. The summed E-state index contributed by atoms with van der Waals surface area (Å²) in [5.74, 6) is 0. The Balaban J connectivity index is 2.23. The third-order valence-electron chi connectivity index (χ3n) is 4.06. The van der Waals surface area contributed by atoms with Gasteiger partial charge in [0, 0.05) is 20.2 Å². The summed E-state index contributed by atoms with van der Waals surface area (Å²) in [5.41, 5.74) is 1.72. The van der Waals surface area contributed by atoms with Gasteiger partial charge in [-0.15, -0.1) is 11.3 Å². The molecule has 3 aromatic carbocycles. The van der Waals surface area contributed by atoms with E-state index in [4.69, 9.17) is 6.85 Å². The Morgan fingerprint density at radius 1 is 0.870 bits per heavy atom. The van der Waals surface area contributed by atoms with Crippen LogP contribution in [0.3, 0.4) is 0 Å². The second kappa shape index (κ2) is 5.21. The molecule has 4 rings (SSSR count). The van der Waals surface area contributed by atoms with Gasteiger partial charge in [-0.05, 0) is 34.2 Å². The van der Waals surface area contributed by atoms with Gasteiger partial charge in [0.05, 0.1) is 6.85 Å². The average Bonchev–Trinajstić information content (AvgIpc) is 3.02. The van der Waals surface area contributed by atoms with Gasteiger partial charge in [0.15, 0.2) is 0 Å². The third kappa shape index (κ3) is 2.36. The topological polar surface area (TPSA) is 0 Å². The lowest BCUT2D eigenvalue weighted by molar-refractivity contribution is 0.598. The van der Waals surface area contributed by atoms with Crippen molar-refractivity contribution in [2.45, 2.75) is 26.2 Å². The van der Waals surface area contributed by atoms with E-state index in [1.807, 2.05) is 24.3 Å². The molecule has 1 heteroatoms. The van der Waals surface area contributed by atoms with Gasteiger partial charge in [0.25, 0.3) is 0 Å². The molecule has 0 bridgehead atoms. The molecule has 0 N–H and O–H groups in total. The monoisotopic (exact) mass is 321 g/mol. The van der Waals surface area contributed by atoms with Crippen molar-refractivity contribution in [2.75, 3.05) is 0 Å². The van der Waals surface area contributed by atoms with Crippen molar-refractivity contribution in [3.63, 3.8) is 0 Å². The van der Waals surface area contributed by atoms with Crippen LogP contribution >= 0.6 is 11.3 Å². The predicted molar refractivity (Wildman–Crippen MR) is 103 cm³/mol. The molecule has 0 saturated carbocycles. The maximum Gasteiger partial charge on any atom is 0.0629 e. The lowest BCUT2D eigenvalue weighted by atomic mass is 9.79. The summed E-state index contributed by atoms with van der Waals surface area (Å²) in [6.07, 6.45) is 0. The molecule has 0 unspecified atom stereocenters. The summed E-state index contributed by atoms with van der Waals surface area (Å²) in [5, 5.41) is 2.25. The number of fused-ring (bicyclic) bond motifs is 3. The lowest BCUT2D eigenvalue weighted by Gasteiger charge is -2.25. The second-order valence-electron chi connectivity index (χ2n) is 6.71. The molecule has 1 heterocycles. The molecular formula is C22H20S. The maximum atomic E-state index is 8.44. The molecule has 0 fully saturated rings. The fourth-order valence-corrected chi connectivity index (χ4v) is 4.30. The third-order valence-corrected chi connectivity index (χ3v) is 5.20. The van der Waals surface area contributed by atoms with E-state index in [1.165, 1.54) is 4.70 Å². The fraction of sp³-hybridized carbons (Fsp3) is 0.182. The first-order chi connectivity index (χ1) is 13.1. The summed E-state index contributed by atoms with van der Waals surface area (Å²) < 4.78 is 43.2. The van der Waals surface area contributed by atoms with E-state index < -0.39 is 0 Å². The van der Waals surface area contributed by atoms with Gasteiger partial charge in [0.1, 0.15) is 0 Å². The predicted octanol–water partition coefficient (Wildman–Crippen LogP) is 7.02. The molecule has 0 nitrogen and oxygen atoms in total. The summed E-state index contributed by atoms with van der Waals surface area (Å²) in [4.78, 5) is 0. The molecule has 114 valence electrons. The van der Waals surface area contributed by atoms with E-state index in [0.29, 0.717) is 5.56 Å². The molecule has 0 spiro atoms.